The van der Waals surface area contributed by atoms with E-state index in [0.29, 0.717) is 36.0 Å². The molecule has 3 aromatic rings. The van der Waals surface area contributed by atoms with E-state index in [-0.39, 0.29) is 12.6 Å². The van der Waals surface area contributed by atoms with Crippen LogP contribution in [-0.2, 0) is 18.0 Å². The van der Waals surface area contributed by atoms with Gasteiger partial charge < -0.3 is 18.9 Å². The van der Waals surface area contributed by atoms with E-state index in [1.54, 1.807) is 23.5 Å². The van der Waals surface area contributed by atoms with Crippen molar-refractivity contribution in [2.24, 2.45) is 0 Å². The van der Waals surface area contributed by atoms with Crippen molar-refractivity contribution in [3.63, 3.8) is 0 Å². The van der Waals surface area contributed by atoms with Crippen LogP contribution in [0.25, 0.3) is 6.08 Å². The molecule has 0 N–H and O–H groups in total. The summed E-state index contributed by atoms with van der Waals surface area (Å²) < 4.78 is 24.0. The van der Waals surface area contributed by atoms with E-state index < -0.39 is 0 Å². The van der Waals surface area contributed by atoms with Crippen LogP contribution >= 0.6 is 27.3 Å². The monoisotopic (exact) mass is 484 g/mol. The molecule has 0 unspecified atom stereocenters. The molecule has 0 saturated heterocycles. The molecular weight excluding hydrogens is 468 g/mol. The number of carbonyl (C=O) groups is 1. The minimum atomic E-state index is -0.109. The first-order chi connectivity index (χ1) is 14.6. The topological polar surface area (TPSA) is 54.0 Å². The number of hydrogen-bond acceptors (Lipinski definition) is 6. The van der Waals surface area contributed by atoms with Crippen molar-refractivity contribution < 1.29 is 23.7 Å². The zero-order valence-electron chi connectivity index (χ0n) is 16.1. The number of Topliss-reactive ketones (excluding diaryl/α,β-unsaturated/α-hetero) is 1. The van der Waals surface area contributed by atoms with Gasteiger partial charge in [-0.25, -0.2) is 0 Å². The molecule has 30 heavy (non-hydrogen) atoms. The summed E-state index contributed by atoms with van der Waals surface area (Å²) in [4.78, 5) is 13.7. The highest BCUT2D eigenvalue weighted by atomic mass is 79.9. The molecular formula is C23H17BrO5S. The first-order valence-electron chi connectivity index (χ1n) is 9.36. The van der Waals surface area contributed by atoms with Gasteiger partial charge in [0.05, 0.1) is 12.2 Å². The van der Waals surface area contributed by atoms with E-state index in [2.05, 4.69) is 15.9 Å². The first kappa shape index (κ1) is 19.4. The Balaban J connectivity index is 1.40. The molecule has 0 fully saturated rings. The van der Waals surface area contributed by atoms with Gasteiger partial charge in [0.15, 0.2) is 12.6 Å². The van der Waals surface area contributed by atoms with Crippen LogP contribution in [0.5, 0.6) is 17.2 Å². The average molecular weight is 485 g/mol. The molecule has 0 bridgehead atoms. The number of benzene rings is 2. The lowest BCUT2D eigenvalue weighted by molar-refractivity contribution is -0.0176. The Morgan fingerprint density at radius 1 is 1.23 bits per heavy atom. The predicted octanol–water partition coefficient (Wildman–Crippen LogP) is 5.88. The number of rotatable bonds is 4. The van der Waals surface area contributed by atoms with E-state index in [4.69, 9.17) is 18.9 Å². The highest BCUT2D eigenvalue weighted by Gasteiger charge is 2.30. The van der Waals surface area contributed by atoms with Crippen molar-refractivity contribution in [2.45, 2.75) is 20.1 Å². The number of ether oxygens (including phenoxy) is 4. The van der Waals surface area contributed by atoms with Gasteiger partial charge in [0.2, 0.25) is 5.78 Å². The van der Waals surface area contributed by atoms with Gasteiger partial charge in [-0.1, -0.05) is 22.0 Å². The van der Waals surface area contributed by atoms with E-state index >= 15 is 0 Å². The van der Waals surface area contributed by atoms with E-state index in [9.17, 15) is 4.79 Å². The van der Waals surface area contributed by atoms with Crippen LogP contribution in [0.2, 0.25) is 0 Å². The highest BCUT2D eigenvalue weighted by Crippen LogP contribution is 2.40. The van der Waals surface area contributed by atoms with Gasteiger partial charge in [-0.15, -0.1) is 11.3 Å². The summed E-state index contributed by atoms with van der Waals surface area (Å²) >= 11 is 5.09. The number of halogens is 1. The maximum Gasteiger partial charge on any atom is 0.232 e. The Morgan fingerprint density at radius 2 is 2.13 bits per heavy atom. The van der Waals surface area contributed by atoms with Gasteiger partial charge in [0.1, 0.15) is 23.9 Å². The van der Waals surface area contributed by atoms with Gasteiger partial charge in [-0.3, -0.25) is 4.79 Å². The maximum atomic E-state index is 12.7. The predicted molar refractivity (Wildman–Crippen MR) is 117 cm³/mol. The fourth-order valence-corrected chi connectivity index (χ4v) is 4.75. The Hall–Kier alpha value is -2.61. The largest absolute Gasteiger partial charge is 0.488 e. The third-order valence-corrected chi connectivity index (χ3v) is 6.27. The number of allylic oxidation sites excluding steroid dienone is 1. The summed E-state index contributed by atoms with van der Waals surface area (Å²) in [5.41, 5.74) is 3.27. The molecule has 5 rings (SSSR count). The quantitative estimate of drug-likeness (QED) is 0.432. The van der Waals surface area contributed by atoms with Gasteiger partial charge >= 0.3 is 0 Å². The van der Waals surface area contributed by atoms with Crippen LogP contribution in [0, 0.1) is 6.92 Å². The summed E-state index contributed by atoms with van der Waals surface area (Å²) in [6.07, 6.45) is 1.78. The minimum Gasteiger partial charge on any atom is -0.488 e. The van der Waals surface area contributed by atoms with Crippen molar-refractivity contribution in [3.05, 3.63) is 79.1 Å². The number of carbonyl (C=O) groups excluding carboxylic acids is 1. The van der Waals surface area contributed by atoms with Gasteiger partial charge in [-0.2, -0.15) is 0 Å². The SMILES string of the molecule is Cc1c(OCc2cc(Br)cc3c2OCOC3)ccc2c1O/C(=C\c1cccs1)C2=O. The van der Waals surface area contributed by atoms with E-state index in [0.717, 1.165) is 31.8 Å². The third-order valence-electron chi connectivity index (χ3n) is 4.99. The number of thiophene rings is 1. The molecule has 0 saturated carbocycles. The molecule has 152 valence electrons. The maximum absolute atomic E-state index is 12.7. The van der Waals surface area contributed by atoms with Gasteiger partial charge in [-0.05, 0) is 42.6 Å². The molecule has 5 nitrogen and oxygen atoms in total. The van der Waals surface area contributed by atoms with Crippen molar-refractivity contribution in [3.8, 4) is 17.2 Å². The molecule has 3 heterocycles. The van der Waals surface area contributed by atoms with Crippen molar-refractivity contribution in [1.29, 1.82) is 0 Å². The number of ketones is 1. The molecule has 0 radical (unpaired) electrons. The molecule has 0 amide bonds. The summed E-state index contributed by atoms with van der Waals surface area (Å²) in [6, 6.07) is 11.4. The summed E-state index contributed by atoms with van der Waals surface area (Å²) in [5, 5.41) is 1.96. The third kappa shape index (κ3) is 3.53. The van der Waals surface area contributed by atoms with Crippen LogP contribution in [-0.4, -0.2) is 12.6 Å². The zero-order chi connectivity index (χ0) is 20.7. The minimum absolute atomic E-state index is 0.109. The fraction of sp³-hybridized carbons (Fsp3) is 0.174. The lowest BCUT2D eigenvalue weighted by atomic mass is 10.1. The van der Waals surface area contributed by atoms with Crippen LogP contribution in [0.15, 0.2) is 52.0 Å². The van der Waals surface area contributed by atoms with Crippen LogP contribution in [0.4, 0.5) is 0 Å². The van der Waals surface area contributed by atoms with Crippen LogP contribution in [0.1, 0.15) is 31.9 Å². The molecule has 0 aliphatic carbocycles. The second kappa shape index (κ2) is 7.91. The molecule has 2 aliphatic heterocycles. The number of fused-ring (bicyclic) bond motifs is 2. The average Bonchev–Trinajstić information content (AvgIpc) is 3.36. The Bertz CT molecular complexity index is 1170. The Kier molecular flexibility index (Phi) is 5.10. The fourth-order valence-electron chi connectivity index (χ4n) is 3.55. The standard InChI is InChI=1S/C23H17BrO5S/c1-13-19(27-11-15-8-16(24)7-14-10-26-12-28-23(14)15)5-4-18-21(25)20(29-22(13)18)9-17-3-2-6-30-17/h2-9H,10-12H2,1H3/b20-9-. The Morgan fingerprint density at radius 3 is 2.97 bits per heavy atom. The molecule has 2 aliphatic rings. The van der Waals surface area contributed by atoms with Gasteiger partial charge in [0.25, 0.3) is 0 Å². The van der Waals surface area contributed by atoms with Crippen molar-refractivity contribution in [1.82, 2.24) is 0 Å². The highest BCUT2D eigenvalue weighted by molar-refractivity contribution is 9.10. The lowest BCUT2D eigenvalue weighted by Gasteiger charge is -2.21. The second-order valence-electron chi connectivity index (χ2n) is 6.97. The molecule has 2 aromatic carbocycles. The van der Waals surface area contributed by atoms with Crippen molar-refractivity contribution >= 4 is 39.1 Å². The van der Waals surface area contributed by atoms with Crippen LogP contribution < -0.4 is 14.2 Å². The number of hydrogen-bond donors (Lipinski definition) is 0. The lowest BCUT2D eigenvalue weighted by Crippen LogP contribution is -2.14. The molecule has 0 spiro atoms. The second-order valence-corrected chi connectivity index (χ2v) is 8.87. The van der Waals surface area contributed by atoms with E-state index in [1.807, 2.05) is 42.6 Å². The zero-order valence-corrected chi connectivity index (χ0v) is 18.5. The molecule has 0 atom stereocenters. The normalized spacial score (nSPS) is 16.1. The van der Waals surface area contributed by atoms with Crippen molar-refractivity contribution in [2.75, 3.05) is 6.79 Å². The molecule has 7 heteroatoms. The Labute approximate surface area is 186 Å². The van der Waals surface area contributed by atoms with Gasteiger partial charge in [0, 0.05) is 32.1 Å². The molecule has 1 aromatic heterocycles. The van der Waals surface area contributed by atoms with Crippen LogP contribution in [0.3, 0.4) is 0 Å². The smallest absolute Gasteiger partial charge is 0.232 e. The first-order valence-corrected chi connectivity index (χ1v) is 11.0. The summed E-state index contributed by atoms with van der Waals surface area (Å²) in [6.45, 7) is 2.97. The van der Waals surface area contributed by atoms with E-state index in [1.165, 1.54) is 0 Å². The summed E-state index contributed by atoms with van der Waals surface area (Å²) in [5.74, 6) is 2.25. The summed E-state index contributed by atoms with van der Waals surface area (Å²) in [7, 11) is 0.